The van der Waals surface area contributed by atoms with Crippen molar-refractivity contribution in [3.05, 3.63) is 75.8 Å². The Bertz CT molecular complexity index is 955. The highest BCUT2D eigenvalue weighted by atomic mass is 32.2. The van der Waals surface area contributed by atoms with E-state index in [1.165, 1.54) is 12.1 Å². The monoisotopic (exact) mass is 382 g/mol. The van der Waals surface area contributed by atoms with Gasteiger partial charge in [-0.3, -0.25) is 19.7 Å². The molecule has 0 atom stereocenters. The summed E-state index contributed by atoms with van der Waals surface area (Å²) in [5.41, 5.74) is 1.52. The highest BCUT2D eigenvalue weighted by molar-refractivity contribution is 8.15. The molecule has 0 unspecified atom stereocenters. The molecular weight excluding hydrogens is 368 g/mol. The Morgan fingerprint density at radius 2 is 1.78 bits per heavy atom. The van der Waals surface area contributed by atoms with Gasteiger partial charge in [-0.2, -0.15) is 5.10 Å². The molecule has 0 aliphatic carbocycles. The minimum Gasteiger partial charge on any atom is -0.273 e. The molecule has 9 heteroatoms. The second-order valence-electron chi connectivity index (χ2n) is 5.56. The number of nitro benzene ring substituents is 1. The number of rotatable bonds is 4. The first-order chi connectivity index (χ1) is 13.0. The van der Waals surface area contributed by atoms with Crippen LogP contribution in [0.1, 0.15) is 22.8 Å². The highest BCUT2D eigenvalue weighted by Crippen LogP contribution is 2.22. The summed E-state index contributed by atoms with van der Waals surface area (Å²) in [5.74, 6) is -0.688. The van der Waals surface area contributed by atoms with Crippen LogP contribution in [-0.4, -0.2) is 38.3 Å². The van der Waals surface area contributed by atoms with E-state index in [9.17, 15) is 19.7 Å². The Morgan fingerprint density at radius 3 is 2.41 bits per heavy atom. The van der Waals surface area contributed by atoms with E-state index in [2.05, 4.69) is 10.2 Å². The molecule has 2 aromatic carbocycles. The van der Waals surface area contributed by atoms with Gasteiger partial charge in [-0.15, -0.1) is 5.10 Å². The molecular formula is C18H14N4O4S. The SMILES string of the molecule is C/C(=N/N=C1/SCC(=O)N1C(=O)c1ccccc1)c1ccc([N+](=O)[O-])cc1. The number of imide groups is 1. The van der Waals surface area contributed by atoms with Gasteiger partial charge >= 0.3 is 0 Å². The predicted molar refractivity (Wildman–Crippen MR) is 103 cm³/mol. The van der Waals surface area contributed by atoms with E-state index >= 15 is 0 Å². The van der Waals surface area contributed by atoms with E-state index < -0.39 is 10.8 Å². The number of nitro groups is 1. The summed E-state index contributed by atoms with van der Waals surface area (Å²) in [7, 11) is 0. The fourth-order valence-electron chi connectivity index (χ4n) is 2.35. The first kappa shape index (κ1) is 18.5. The molecule has 8 nitrogen and oxygen atoms in total. The van der Waals surface area contributed by atoms with E-state index in [0.29, 0.717) is 16.8 Å². The Hall–Kier alpha value is -3.33. The van der Waals surface area contributed by atoms with Gasteiger partial charge in [0.1, 0.15) is 0 Å². The Morgan fingerprint density at radius 1 is 1.11 bits per heavy atom. The number of hydrogen-bond acceptors (Lipinski definition) is 7. The molecule has 0 saturated carbocycles. The molecule has 0 N–H and O–H groups in total. The highest BCUT2D eigenvalue weighted by Gasteiger charge is 2.34. The lowest BCUT2D eigenvalue weighted by molar-refractivity contribution is -0.384. The molecule has 2 amide bonds. The standard InChI is InChI=1S/C18H14N4O4S/c1-12(13-7-9-15(10-8-13)22(25)26)19-20-18-21(16(23)11-27-18)17(24)14-5-3-2-4-6-14/h2-10H,11H2,1H3/b19-12-,20-18+. The van der Waals surface area contributed by atoms with Gasteiger partial charge in [-0.1, -0.05) is 30.0 Å². The smallest absolute Gasteiger partial charge is 0.269 e. The largest absolute Gasteiger partial charge is 0.273 e. The molecule has 1 fully saturated rings. The van der Waals surface area contributed by atoms with Crippen LogP contribution in [0.4, 0.5) is 5.69 Å². The summed E-state index contributed by atoms with van der Waals surface area (Å²) in [6, 6.07) is 14.4. The van der Waals surface area contributed by atoms with Crippen LogP contribution in [-0.2, 0) is 4.79 Å². The topological polar surface area (TPSA) is 105 Å². The van der Waals surface area contributed by atoms with Gasteiger partial charge in [0.25, 0.3) is 11.6 Å². The van der Waals surface area contributed by atoms with Crippen molar-refractivity contribution in [2.75, 3.05) is 5.75 Å². The molecule has 0 spiro atoms. The number of nitrogens with zero attached hydrogens (tertiary/aromatic N) is 4. The maximum atomic E-state index is 12.6. The van der Waals surface area contributed by atoms with Gasteiger partial charge in [0.05, 0.1) is 16.4 Å². The molecule has 0 bridgehead atoms. The van der Waals surface area contributed by atoms with Gasteiger partial charge < -0.3 is 0 Å². The lowest BCUT2D eigenvalue weighted by atomic mass is 10.1. The quantitative estimate of drug-likeness (QED) is 0.350. The van der Waals surface area contributed by atoms with Crippen LogP contribution in [0.15, 0.2) is 64.8 Å². The number of amides is 2. The molecule has 1 aliphatic heterocycles. The summed E-state index contributed by atoms with van der Waals surface area (Å²) in [6.45, 7) is 1.69. The van der Waals surface area contributed by atoms with Crippen molar-refractivity contribution in [2.24, 2.45) is 10.2 Å². The van der Waals surface area contributed by atoms with Crippen LogP contribution in [0.3, 0.4) is 0 Å². The first-order valence-electron chi connectivity index (χ1n) is 7.89. The minimum absolute atomic E-state index is 0.0190. The normalized spacial score (nSPS) is 16.0. The molecule has 27 heavy (non-hydrogen) atoms. The van der Waals surface area contributed by atoms with Gasteiger partial charge in [0.2, 0.25) is 5.91 Å². The number of carbonyl (C=O) groups excluding carboxylic acids is 2. The zero-order chi connectivity index (χ0) is 19.4. The van der Waals surface area contributed by atoms with Crippen molar-refractivity contribution in [1.29, 1.82) is 0 Å². The van der Waals surface area contributed by atoms with Gasteiger partial charge in [-0.05, 0) is 36.8 Å². The summed E-state index contributed by atoms with van der Waals surface area (Å²) in [6.07, 6.45) is 0. The first-order valence-corrected chi connectivity index (χ1v) is 8.88. The van der Waals surface area contributed by atoms with Crippen molar-refractivity contribution >= 4 is 40.1 Å². The molecule has 1 heterocycles. The number of carbonyl (C=O) groups is 2. The summed E-state index contributed by atoms with van der Waals surface area (Å²) in [4.78, 5) is 35.9. The lowest BCUT2D eigenvalue weighted by Crippen LogP contribution is -2.35. The van der Waals surface area contributed by atoms with Crippen LogP contribution in [0.5, 0.6) is 0 Å². The Labute approximate surface area is 158 Å². The average Bonchev–Trinajstić information content (AvgIpc) is 3.06. The van der Waals surface area contributed by atoms with Crippen molar-refractivity contribution in [3.8, 4) is 0 Å². The van der Waals surface area contributed by atoms with Crippen LogP contribution in [0.25, 0.3) is 0 Å². The molecule has 136 valence electrons. The van der Waals surface area contributed by atoms with E-state index in [1.807, 2.05) is 0 Å². The predicted octanol–water partition coefficient (Wildman–Crippen LogP) is 3.09. The number of non-ortho nitro benzene ring substituents is 1. The Balaban J connectivity index is 1.84. The van der Waals surface area contributed by atoms with Crippen molar-refractivity contribution in [2.45, 2.75) is 6.92 Å². The molecule has 0 aromatic heterocycles. The van der Waals surface area contributed by atoms with E-state index in [4.69, 9.17) is 0 Å². The van der Waals surface area contributed by atoms with Crippen molar-refractivity contribution in [1.82, 2.24) is 4.90 Å². The van der Waals surface area contributed by atoms with E-state index in [-0.39, 0.29) is 22.5 Å². The number of benzene rings is 2. The number of thioether (sulfide) groups is 1. The zero-order valence-electron chi connectivity index (χ0n) is 14.2. The molecule has 3 rings (SSSR count). The summed E-state index contributed by atoms with van der Waals surface area (Å²) in [5, 5.41) is 19.0. The van der Waals surface area contributed by atoms with E-state index in [1.54, 1.807) is 49.4 Å². The summed E-state index contributed by atoms with van der Waals surface area (Å²) < 4.78 is 0. The van der Waals surface area contributed by atoms with Crippen LogP contribution < -0.4 is 0 Å². The minimum atomic E-state index is -0.482. The molecule has 0 radical (unpaired) electrons. The number of amidine groups is 1. The zero-order valence-corrected chi connectivity index (χ0v) is 15.0. The lowest BCUT2D eigenvalue weighted by Gasteiger charge is -2.13. The maximum absolute atomic E-state index is 12.6. The fraction of sp³-hybridized carbons (Fsp3) is 0.111. The third-order valence-electron chi connectivity index (χ3n) is 3.77. The van der Waals surface area contributed by atoms with Gasteiger partial charge in [-0.25, -0.2) is 4.90 Å². The molecule has 2 aromatic rings. The van der Waals surface area contributed by atoms with Crippen molar-refractivity contribution in [3.63, 3.8) is 0 Å². The van der Waals surface area contributed by atoms with Gasteiger partial charge in [0.15, 0.2) is 5.17 Å². The average molecular weight is 382 g/mol. The maximum Gasteiger partial charge on any atom is 0.269 e. The molecule has 1 saturated heterocycles. The third kappa shape index (κ3) is 4.09. The van der Waals surface area contributed by atoms with Crippen LogP contribution in [0, 0.1) is 10.1 Å². The van der Waals surface area contributed by atoms with E-state index in [0.717, 1.165) is 16.7 Å². The second-order valence-corrected chi connectivity index (χ2v) is 6.50. The van der Waals surface area contributed by atoms with Crippen molar-refractivity contribution < 1.29 is 14.5 Å². The second kappa shape index (κ2) is 7.92. The fourth-order valence-corrected chi connectivity index (χ4v) is 3.14. The summed E-state index contributed by atoms with van der Waals surface area (Å²) >= 11 is 1.13. The van der Waals surface area contributed by atoms with Gasteiger partial charge in [0, 0.05) is 17.7 Å². The van der Waals surface area contributed by atoms with Crippen LogP contribution >= 0.6 is 11.8 Å². The third-order valence-corrected chi connectivity index (χ3v) is 4.68. The van der Waals surface area contributed by atoms with Crippen LogP contribution in [0.2, 0.25) is 0 Å². The Kier molecular flexibility index (Phi) is 5.41. The number of hydrogen-bond donors (Lipinski definition) is 0. The molecule has 1 aliphatic rings.